The van der Waals surface area contributed by atoms with Gasteiger partial charge in [-0.1, -0.05) is 0 Å². The second-order valence-electron chi connectivity index (χ2n) is 5.83. The van der Waals surface area contributed by atoms with E-state index in [1.54, 1.807) is 12.4 Å². The largest absolute Gasteiger partial charge is 0.333 e. The minimum Gasteiger partial charge on any atom is -0.333 e. The molecule has 2 aliphatic heterocycles. The minimum atomic E-state index is 0.148. The highest BCUT2D eigenvalue weighted by atomic mass is 32.2. The number of thioether (sulfide) groups is 1. The smallest absolute Gasteiger partial charge is 0.255 e. The number of amides is 1. The zero-order valence-electron chi connectivity index (χ0n) is 12.4. The number of rotatable bonds is 3. The molecule has 0 N–H and O–H groups in total. The van der Waals surface area contributed by atoms with Gasteiger partial charge in [0.1, 0.15) is 0 Å². The number of carbonyl (C=O) groups excluding carboxylic acids is 1. The summed E-state index contributed by atoms with van der Waals surface area (Å²) in [6, 6.07) is 4.05. The van der Waals surface area contributed by atoms with Crippen LogP contribution >= 0.6 is 11.8 Å². The van der Waals surface area contributed by atoms with Crippen molar-refractivity contribution >= 4 is 17.7 Å². The molecule has 0 aromatic carbocycles. The van der Waals surface area contributed by atoms with Crippen molar-refractivity contribution in [3.63, 3.8) is 0 Å². The molecule has 114 valence electrons. The van der Waals surface area contributed by atoms with Gasteiger partial charge >= 0.3 is 0 Å². The molecule has 2 aliphatic rings. The lowest BCUT2D eigenvalue weighted by Gasteiger charge is -2.32. The first-order valence-electron chi connectivity index (χ1n) is 7.86. The second kappa shape index (κ2) is 7.27. The maximum atomic E-state index is 12.8. The molecular formula is C16H23N3OS. The molecule has 2 saturated heterocycles. The first-order valence-corrected chi connectivity index (χ1v) is 9.01. The zero-order chi connectivity index (χ0) is 14.5. The lowest BCUT2D eigenvalue weighted by atomic mass is 10.2. The molecule has 1 aromatic heterocycles. The Morgan fingerprint density at radius 1 is 1.29 bits per heavy atom. The highest BCUT2D eigenvalue weighted by Gasteiger charge is 2.28. The minimum absolute atomic E-state index is 0.148. The van der Waals surface area contributed by atoms with Crippen molar-refractivity contribution in [3.8, 4) is 0 Å². The van der Waals surface area contributed by atoms with Crippen LogP contribution in [0, 0.1) is 0 Å². The van der Waals surface area contributed by atoms with E-state index in [1.807, 2.05) is 23.9 Å². The maximum Gasteiger partial charge on any atom is 0.255 e. The van der Waals surface area contributed by atoms with Crippen LogP contribution in [-0.4, -0.2) is 64.4 Å². The number of carbonyl (C=O) groups is 1. The van der Waals surface area contributed by atoms with Gasteiger partial charge in [0.15, 0.2) is 0 Å². The Hall–Kier alpha value is -1.07. The molecule has 1 aromatic rings. The Kier molecular flexibility index (Phi) is 5.14. The van der Waals surface area contributed by atoms with E-state index < -0.39 is 0 Å². The molecule has 2 fully saturated rings. The third-order valence-electron chi connectivity index (χ3n) is 4.28. The summed E-state index contributed by atoms with van der Waals surface area (Å²) in [7, 11) is 0. The van der Waals surface area contributed by atoms with E-state index >= 15 is 0 Å². The molecular weight excluding hydrogens is 282 g/mol. The van der Waals surface area contributed by atoms with E-state index in [1.165, 1.54) is 25.9 Å². The van der Waals surface area contributed by atoms with Crippen LogP contribution < -0.4 is 0 Å². The summed E-state index contributed by atoms with van der Waals surface area (Å²) in [4.78, 5) is 21.5. The van der Waals surface area contributed by atoms with E-state index in [-0.39, 0.29) is 5.91 Å². The van der Waals surface area contributed by atoms with Crippen LogP contribution in [0.15, 0.2) is 24.5 Å². The summed E-state index contributed by atoms with van der Waals surface area (Å²) in [6.45, 7) is 4.28. The third-order valence-corrected chi connectivity index (χ3v) is 5.47. The van der Waals surface area contributed by atoms with Gasteiger partial charge in [-0.05, 0) is 50.2 Å². The van der Waals surface area contributed by atoms with E-state index in [9.17, 15) is 4.79 Å². The molecule has 1 amide bonds. The van der Waals surface area contributed by atoms with Crippen molar-refractivity contribution in [3.05, 3.63) is 30.1 Å². The van der Waals surface area contributed by atoms with Crippen LogP contribution in [0.2, 0.25) is 0 Å². The van der Waals surface area contributed by atoms with E-state index in [4.69, 9.17) is 0 Å². The monoisotopic (exact) mass is 305 g/mol. The van der Waals surface area contributed by atoms with Crippen molar-refractivity contribution in [2.45, 2.75) is 25.3 Å². The SMILES string of the molecule is O=C(c1cccnc1)N1CCCSCC1CN1CCCC1. The maximum absolute atomic E-state index is 12.8. The summed E-state index contributed by atoms with van der Waals surface area (Å²) in [5.41, 5.74) is 0.718. The number of pyridine rings is 1. The van der Waals surface area contributed by atoms with Gasteiger partial charge in [0.25, 0.3) is 5.91 Å². The van der Waals surface area contributed by atoms with Crippen molar-refractivity contribution in [2.75, 3.05) is 37.7 Å². The Bertz CT molecular complexity index is 462. The fraction of sp³-hybridized carbons (Fsp3) is 0.625. The Morgan fingerprint density at radius 2 is 2.14 bits per heavy atom. The highest BCUT2D eigenvalue weighted by Crippen LogP contribution is 2.21. The molecule has 0 saturated carbocycles. The fourth-order valence-corrected chi connectivity index (χ4v) is 4.22. The molecule has 0 aliphatic carbocycles. The van der Waals surface area contributed by atoms with E-state index in [0.29, 0.717) is 6.04 Å². The summed E-state index contributed by atoms with van der Waals surface area (Å²) in [5.74, 6) is 2.37. The molecule has 21 heavy (non-hydrogen) atoms. The molecule has 0 bridgehead atoms. The van der Waals surface area contributed by atoms with Crippen LogP contribution in [0.5, 0.6) is 0 Å². The van der Waals surface area contributed by atoms with Gasteiger partial charge in [-0.25, -0.2) is 0 Å². The normalized spacial score (nSPS) is 24.0. The molecule has 1 unspecified atom stereocenters. The van der Waals surface area contributed by atoms with Gasteiger partial charge in [-0.3, -0.25) is 9.78 Å². The Morgan fingerprint density at radius 3 is 2.90 bits per heavy atom. The predicted molar refractivity (Wildman–Crippen MR) is 86.7 cm³/mol. The van der Waals surface area contributed by atoms with Gasteiger partial charge in [0, 0.05) is 31.2 Å². The van der Waals surface area contributed by atoms with Gasteiger partial charge < -0.3 is 9.80 Å². The van der Waals surface area contributed by atoms with Crippen LogP contribution in [0.4, 0.5) is 0 Å². The van der Waals surface area contributed by atoms with E-state index in [0.717, 1.165) is 36.6 Å². The number of nitrogens with zero attached hydrogens (tertiary/aromatic N) is 3. The summed E-state index contributed by atoms with van der Waals surface area (Å²) in [5, 5.41) is 0. The lowest BCUT2D eigenvalue weighted by molar-refractivity contribution is 0.0666. The number of hydrogen-bond acceptors (Lipinski definition) is 4. The molecule has 5 heteroatoms. The predicted octanol–water partition coefficient (Wildman–Crippen LogP) is 2.13. The summed E-state index contributed by atoms with van der Waals surface area (Å²) < 4.78 is 0. The van der Waals surface area contributed by atoms with Gasteiger partial charge in [-0.2, -0.15) is 11.8 Å². The lowest BCUT2D eigenvalue weighted by Crippen LogP contribution is -2.47. The van der Waals surface area contributed by atoms with E-state index in [2.05, 4.69) is 14.8 Å². The van der Waals surface area contributed by atoms with Crippen LogP contribution in [0.25, 0.3) is 0 Å². The molecule has 0 radical (unpaired) electrons. The topological polar surface area (TPSA) is 36.4 Å². The van der Waals surface area contributed by atoms with Crippen molar-refractivity contribution in [2.24, 2.45) is 0 Å². The molecule has 3 heterocycles. The highest BCUT2D eigenvalue weighted by molar-refractivity contribution is 7.99. The van der Waals surface area contributed by atoms with Crippen molar-refractivity contribution < 1.29 is 4.79 Å². The second-order valence-corrected chi connectivity index (χ2v) is 6.98. The number of aromatic nitrogens is 1. The van der Waals surface area contributed by atoms with Crippen molar-refractivity contribution in [1.82, 2.24) is 14.8 Å². The van der Waals surface area contributed by atoms with Gasteiger partial charge in [0.05, 0.1) is 11.6 Å². The third kappa shape index (κ3) is 3.77. The van der Waals surface area contributed by atoms with Gasteiger partial charge in [-0.15, -0.1) is 0 Å². The zero-order valence-corrected chi connectivity index (χ0v) is 13.2. The average molecular weight is 305 g/mol. The quantitative estimate of drug-likeness (QED) is 0.857. The summed E-state index contributed by atoms with van der Waals surface area (Å²) in [6.07, 6.45) is 7.10. The molecule has 1 atom stereocenters. The molecule has 3 rings (SSSR count). The number of likely N-dealkylation sites (tertiary alicyclic amines) is 1. The van der Waals surface area contributed by atoms with Crippen LogP contribution in [0.1, 0.15) is 29.6 Å². The average Bonchev–Trinajstić information content (AvgIpc) is 2.92. The molecule has 0 spiro atoms. The number of hydrogen-bond donors (Lipinski definition) is 0. The standard InChI is InChI=1S/C16H23N3OS/c20-16(14-5-3-6-17-11-14)19-9-4-10-21-13-15(19)12-18-7-1-2-8-18/h3,5-6,11,15H,1-2,4,7-10,12-13H2. The first kappa shape index (κ1) is 14.9. The van der Waals surface area contributed by atoms with Gasteiger partial charge in [0.2, 0.25) is 0 Å². The fourth-order valence-electron chi connectivity index (χ4n) is 3.17. The van der Waals surface area contributed by atoms with Crippen LogP contribution in [0.3, 0.4) is 0 Å². The first-order chi connectivity index (χ1) is 10.3. The summed E-state index contributed by atoms with van der Waals surface area (Å²) >= 11 is 1.99. The Balaban J connectivity index is 1.73. The molecule has 4 nitrogen and oxygen atoms in total. The van der Waals surface area contributed by atoms with Crippen molar-refractivity contribution in [1.29, 1.82) is 0 Å². The Labute approximate surface area is 130 Å². The van der Waals surface area contributed by atoms with Crippen LogP contribution in [-0.2, 0) is 0 Å².